The normalized spacial score (nSPS) is 27.6. The van der Waals surface area contributed by atoms with Crippen molar-refractivity contribution in [3.63, 3.8) is 0 Å². The summed E-state index contributed by atoms with van der Waals surface area (Å²) >= 11 is 0. The summed E-state index contributed by atoms with van der Waals surface area (Å²) in [7, 11) is 1.63. The molecule has 4 aromatic carbocycles. The zero-order valence-corrected chi connectivity index (χ0v) is 31.4. The van der Waals surface area contributed by atoms with Crippen LogP contribution in [0.4, 0.5) is 0 Å². The molecule has 0 radical (unpaired) electrons. The number of methoxy groups -OCH3 is 1. The van der Waals surface area contributed by atoms with Crippen LogP contribution < -0.4 is 0 Å². The summed E-state index contributed by atoms with van der Waals surface area (Å²) in [6.45, 7) is 6.22. The predicted octanol–water partition coefficient (Wildman–Crippen LogP) is 7.77. The number of fused-ring (bicyclic) bond motifs is 1. The molecule has 2 fully saturated rings. The van der Waals surface area contributed by atoms with Crippen molar-refractivity contribution in [3.05, 3.63) is 155 Å². The molecule has 3 aliphatic rings. The molecule has 54 heavy (non-hydrogen) atoms. The molecule has 9 heteroatoms. The molecule has 8 atom stereocenters. The van der Waals surface area contributed by atoms with E-state index in [9.17, 15) is 0 Å². The summed E-state index contributed by atoms with van der Waals surface area (Å²) in [6.07, 6.45) is -1.00. The third-order valence-electron chi connectivity index (χ3n) is 9.96. The first-order valence-electron chi connectivity index (χ1n) is 18.9. The quantitative estimate of drug-likeness (QED) is 0.108. The first kappa shape index (κ1) is 38.4. The van der Waals surface area contributed by atoms with E-state index in [-0.39, 0.29) is 24.7 Å². The molecule has 286 valence electrons. The second-order valence-electron chi connectivity index (χ2n) is 14.5. The molecular weight excluding hydrogens is 684 g/mol. The summed E-state index contributed by atoms with van der Waals surface area (Å²) in [6, 6.07) is 40.4. The number of rotatable bonds is 17. The van der Waals surface area contributed by atoms with Crippen molar-refractivity contribution in [2.75, 3.05) is 20.3 Å². The van der Waals surface area contributed by atoms with Crippen molar-refractivity contribution in [2.24, 2.45) is 5.92 Å². The van der Waals surface area contributed by atoms with E-state index in [2.05, 4.69) is 12.1 Å². The van der Waals surface area contributed by atoms with Gasteiger partial charge < -0.3 is 42.6 Å². The molecule has 0 bridgehead atoms. The lowest BCUT2D eigenvalue weighted by Gasteiger charge is -2.46. The first-order valence-corrected chi connectivity index (χ1v) is 18.9. The Hall–Kier alpha value is -3.90. The van der Waals surface area contributed by atoms with Gasteiger partial charge in [0.15, 0.2) is 18.2 Å². The summed E-state index contributed by atoms with van der Waals surface area (Å²) in [4.78, 5) is 0. The Labute approximate surface area is 319 Å². The van der Waals surface area contributed by atoms with Crippen LogP contribution in [0, 0.1) is 5.92 Å². The molecule has 2 aliphatic heterocycles. The molecule has 0 spiro atoms. The fraction of sp³-hybridized carbons (Fsp3) is 0.422. The number of hydrogen-bond donors (Lipinski definition) is 0. The third-order valence-corrected chi connectivity index (χ3v) is 9.96. The van der Waals surface area contributed by atoms with Crippen LogP contribution in [0.5, 0.6) is 0 Å². The maximum absolute atomic E-state index is 7.10. The molecule has 2 heterocycles. The van der Waals surface area contributed by atoms with Gasteiger partial charge in [-0.2, -0.15) is 0 Å². The smallest absolute Gasteiger partial charge is 0.186 e. The average Bonchev–Trinajstić information content (AvgIpc) is 3.52. The van der Waals surface area contributed by atoms with Gasteiger partial charge in [-0.1, -0.05) is 121 Å². The number of hydrogen-bond acceptors (Lipinski definition) is 9. The van der Waals surface area contributed by atoms with Crippen LogP contribution in [0.15, 0.2) is 133 Å². The second kappa shape index (κ2) is 18.6. The van der Waals surface area contributed by atoms with E-state index in [1.807, 2.05) is 129 Å². The zero-order chi connectivity index (χ0) is 37.2. The van der Waals surface area contributed by atoms with Crippen molar-refractivity contribution in [1.82, 2.24) is 0 Å². The maximum atomic E-state index is 7.10. The fourth-order valence-electron chi connectivity index (χ4n) is 7.37. The first-order chi connectivity index (χ1) is 26.4. The molecule has 0 saturated carbocycles. The largest absolute Gasteiger partial charge is 0.489 e. The number of benzene rings is 4. The highest BCUT2D eigenvalue weighted by atomic mass is 16.8. The highest BCUT2D eigenvalue weighted by molar-refractivity contribution is 5.17. The highest BCUT2D eigenvalue weighted by Crippen LogP contribution is 2.41. The minimum atomic E-state index is -0.746. The fourth-order valence-corrected chi connectivity index (χ4v) is 7.37. The van der Waals surface area contributed by atoms with Crippen molar-refractivity contribution in [3.8, 4) is 0 Å². The summed E-state index contributed by atoms with van der Waals surface area (Å²) in [5.41, 5.74) is 4.24. The van der Waals surface area contributed by atoms with E-state index in [4.69, 9.17) is 42.6 Å². The Kier molecular flexibility index (Phi) is 13.2. The molecule has 9 nitrogen and oxygen atoms in total. The van der Waals surface area contributed by atoms with Crippen molar-refractivity contribution >= 4 is 0 Å². The Bertz CT molecular complexity index is 1720. The van der Waals surface area contributed by atoms with Gasteiger partial charge >= 0.3 is 0 Å². The molecule has 7 rings (SSSR count). The molecule has 0 unspecified atom stereocenters. The summed E-state index contributed by atoms with van der Waals surface area (Å²) < 4.78 is 58.7. The SMILES string of the molecule is CO[C@H]1O[C@H](COCc2ccccc2)[C@@H](OC2=C[C@H]3OC(C)(C)O[C@H]3[C@@H](COCc3ccccc3)C2)[C@H](OCc2ccccc2)[C@H]1OCc1ccccc1. The Morgan fingerprint density at radius 2 is 1.09 bits per heavy atom. The van der Waals surface area contributed by atoms with Gasteiger partial charge in [-0.3, -0.25) is 0 Å². The van der Waals surface area contributed by atoms with E-state index < -0.39 is 36.5 Å². The van der Waals surface area contributed by atoms with Crippen LogP contribution in [0.1, 0.15) is 42.5 Å². The maximum Gasteiger partial charge on any atom is 0.186 e. The predicted molar refractivity (Wildman–Crippen MR) is 203 cm³/mol. The van der Waals surface area contributed by atoms with E-state index in [1.54, 1.807) is 7.11 Å². The topological polar surface area (TPSA) is 83.1 Å². The van der Waals surface area contributed by atoms with Gasteiger partial charge in [0.2, 0.25) is 0 Å². The zero-order valence-electron chi connectivity index (χ0n) is 31.4. The minimum Gasteiger partial charge on any atom is -0.489 e. The van der Waals surface area contributed by atoms with Gasteiger partial charge in [0.25, 0.3) is 0 Å². The molecule has 0 amide bonds. The van der Waals surface area contributed by atoms with E-state index >= 15 is 0 Å². The van der Waals surface area contributed by atoms with Crippen molar-refractivity contribution in [1.29, 1.82) is 0 Å². The Balaban J connectivity index is 1.16. The molecular formula is C45H52O9. The van der Waals surface area contributed by atoms with Gasteiger partial charge in [0.05, 0.1) is 51.5 Å². The lowest BCUT2D eigenvalue weighted by atomic mass is 9.88. The highest BCUT2D eigenvalue weighted by Gasteiger charge is 2.52. The van der Waals surface area contributed by atoms with Crippen molar-refractivity contribution in [2.45, 2.75) is 95.4 Å². The molecule has 0 N–H and O–H groups in total. The average molecular weight is 737 g/mol. The number of ether oxygens (including phenoxy) is 9. The van der Waals surface area contributed by atoms with Gasteiger partial charge in [-0.25, -0.2) is 0 Å². The van der Waals surface area contributed by atoms with E-state index in [0.29, 0.717) is 39.5 Å². The Morgan fingerprint density at radius 3 is 1.63 bits per heavy atom. The third kappa shape index (κ3) is 10.2. The van der Waals surface area contributed by atoms with Gasteiger partial charge in [0, 0.05) is 19.4 Å². The monoisotopic (exact) mass is 736 g/mol. The molecule has 2 saturated heterocycles. The van der Waals surface area contributed by atoms with Crippen LogP contribution in [0.25, 0.3) is 0 Å². The van der Waals surface area contributed by atoms with E-state index in [0.717, 1.165) is 28.0 Å². The van der Waals surface area contributed by atoms with Gasteiger partial charge in [0.1, 0.15) is 24.4 Å². The lowest BCUT2D eigenvalue weighted by molar-refractivity contribution is -0.318. The molecule has 4 aromatic rings. The van der Waals surface area contributed by atoms with Crippen LogP contribution in [0.2, 0.25) is 0 Å². The second-order valence-corrected chi connectivity index (χ2v) is 14.5. The molecule has 0 aromatic heterocycles. The van der Waals surface area contributed by atoms with Crippen LogP contribution in [-0.4, -0.2) is 69.0 Å². The molecule has 1 aliphatic carbocycles. The lowest BCUT2D eigenvalue weighted by Crippen LogP contribution is -2.61. The van der Waals surface area contributed by atoms with Crippen LogP contribution >= 0.6 is 0 Å². The standard InChI is InChI=1S/C45H52O9/c1-45(2)53-38-25-37(24-36(40(38)54-45)30-47-26-32-16-8-4-9-17-32)51-41-39(31-48-27-33-18-10-5-11-19-33)52-44(46-3)43(50-29-35-22-14-7-15-23-35)42(41)49-28-34-20-12-6-13-21-34/h4-23,25,36,38-44H,24,26-31H2,1-3H3/t36-,38-,39-,40+,41-,42+,43-,44+/m1/s1. The summed E-state index contributed by atoms with van der Waals surface area (Å²) in [5, 5.41) is 0. The summed E-state index contributed by atoms with van der Waals surface area (Å²) in [5.74, 6) is 0.00114. The van der Waals surface area contributed by atoms with Gasteiger partial charge in [-0.05, 0) is 42.2 Å². The van der Waals surface area contributed by atoms with Crippen LogP contribution in [0.3, 0.4) is 0 Å². The van der Waals surface area contributed by atoms with E-state index in [1.165, 1.54) is 0 Å². The number of allylic oxidation sites excluding steroid dienone is 1. The minimum absolute atomic E-state index is 0.0154. The Morgan fingerprint density at radius 1 is 0.593 bits per heavy atom. The van der Waals surface area contributed by atoms with Crippen molar-refractivity contribution < 1.29 is 42.6 Å². The van der Waals surface area contributed by atoms with Crippen LogP contribution in [-0.2, 0) is 69.1 Å². The van der Waals surface area contributed by atoms with Gasteiger partial charge in [-0.15, -0.1) is 0 Å².